The Labute approximate surface area is 149 Å². The normalized spacial score (nSPS) is 16.6. The van der Waals surface area contributed by atoms with E-state index in [2.05, 4.69) is 36.2 Å². The molecule has 0 bridgehead atoms. The van der Waals surface area contributed by atoms with E-state index in [9.17, 15) is 4.79 Å². The molecule has 0 atom stereocenters. The summed E-state index contributed by atoms with van der Waals surface area (Å²) in [6.07, 6.45) is 4.93. The van der Waals surface area contributed by atoms with Crippen LogP contribution in [0, 0.1) is 5.92 Å². The van der Waals surface area contributed by atoms with Crippen molar-refractivity contribution in [1.29, 1.82) is 0 Å². The second kappa shape index (κ2) is 7.12. The minimum Gasteiger partial charge on any atom is -0.339 e. The smallest absolute Gasteiger partial charge is 0.257 e. The topological polar surface area (TPSA) is 71.3 Å². The van der Waals surface area contributed by atoms with Gasteiger partial charge in [0.25, 0.3) is 11.6 Å². The zero-order valence-corrected chi connectivity index (χ0v) is 15.6. The summed E-state index contributed by atoms with van der Waals surface area (Å²) in [4.78, 5) is 19.1. The van der Waals surface area contributed by atoms with Crippen molar-refractivity contribution in [2.45, 2.75) is 45.4 Å². The Balaban J connectivity index is 1.75. The van der Waals surface area contributed by atoms with E-state index in [0.29, 0.717) is 17.2 Å². The molecule has 1 saturated heterocycles. The maximum Gasteiger partial charge on any atom is 0.257 e. The number of piperidine rings is 1. The molecule has 0 unspecified atom stereocenters. The van der Waals surface area contributed by atoms with Gasteiger partial charge in [0, 0.05) is 24.7 Å². The van der Waals surface area contributed by atoms with E-state index in [0.717, 1.165) is 43.6 Å². The summed E-state index contributed by atoms with van der Waals surface area (Å²) in [5.74, 6) is 0.769. The fourth-order valence-electron chi connectivity index (χ4n) is 3.45. The number of nitrogens with zero attached hydrogens (tertiary/aromatic N) is 3. The molecule has 1 fully saturated rings. The number of fused-ring (bicyclic) bond motifs is 1. The number of carbonyl (C=O) groups is 1. The highest BCUT2D eigenvalue weighted by Crippen LogP contribution is 2.29. The summed E-state index contributed by atoms with van der Waals surface area (Å²) in [5.41, 5.74) is 1.80. The van der Waals surface area contributed by atoms with Crippen LogP contribution in [0.1, 0.15) is 56.1 Å². The maximum absolute atomic E-state index is 12.9. The van der Waals surface area contributed by atoms with Gasteiger partial charge in [-0.1, -0.05) is 25.9 Å². The van der Waals surface area contributed by atoms with Gasteiger partial charge in [-0.2, -0.15) is 0 Å². The van der Waals surface area contributed by atoms with Crippen molar-refractivity contribution >= 4 is 17.0 Å². The first kappa shape index (κ1) is 17.9. The molecule has 0 radical (unpaired) electrons. The van der Waals surface area contributed by atoms with Crippen molar-refractivity contribution in [2.75, 3.05) is 26.7 Å². The Morgan fingerprint density at radius 1 is 1.36 bits per heavy atom. The second-order valence-electron chi connectivity index (χ2n) is 7.99. The van der Waals surface area contributed by atoms with E-state index in [1.165, 1.54) is 6.42 Å². The molecule has 1 aliphatic rings. The van der Waals surface area contributed by atoms with E-state index >= 15 is 0 Å². The van der Waals surface area contributed by atoms with Gasteiger partial charge in [-0.3, -0.25) is 4.79 Å². The van der Waals surface area contributed by atoms with Crippen LogP contribution in [0.3, 0.4) is 0 Å². The zero-order valence-electron chi connectivity index (χ0n) is 15.6. The summed E-state index contributed by atoms with van der Waals surface area (Å²) in [7, 11) is 1.98. The Hall–Kier alpha value is -1.95. The maximum atomic E-state index is 12.9. The average molecular weight is 344 g/mol. The van der Waals surface area contributed by atoms with Crippen molar-refractivity contribution < 1.29 is 9.32 Å². The van der Waals surface area contributed by atoms with Gasteiger partial charge in [-0.05, 0) is 44.8 Å². The summed E-state index contributed by atoms with van der Waals surface area (Å²) < 4.78 is 5.32. The fourth-order valence-corrected chi connectivity index (χ4v) is 3.45. The van der Waals surface area contributed by atoms with E-state index in [1.807, 2.05) is 18.0 Å². The van der Waals surface area contributed by atoms with Crippen molar-refractivity contribution in [3.05, 3.63) is 23.5 Å². The number of carbonyl (C=O) groups excluding carboxylic acids is 1. The molecule has 6 heteroatoms. The quantitative estimate of drug-likeness (QED) is 0.923. The summed E-state index contributed by atoms with van der Waals surface area (Å²) in [5, 5.41) is 8.19. The standard InChI is InChI=1S/C19H28N4O2/c1-19(2,3)16-15-11-14(12-21-17(15)25-22-16)18(24)23-9-6-13(7-10-23)5-8-20-4/h11-13,20H,5-10H2,1-4H3. The first-order chi connectivity index (χ1) is 11.9. The molecule has 2 aromatic rings. The Morgan fingerprint density at radius 3 is 2.72 bits per heavy atom. The lowest BCUT2D eigenvalue weighted by Gasteiger charge is -2.32. The van der Waals surface area contributed by atoms with Crippen LogP contribution in [-0.4, -0.2) is 47.6 Å². The monoisotopic (exact) mass is 344 g/mol. The van der Waals surface area contributed by atoms with Crippen LogP contribution in [0.25, 0.3) is 11.1 Å². The van der Waals surface area contributed by atoms with Crippen molar-refractivity contribution in [3.8, 4) is 0 Å². The number of hydrogen-bond donors (Lipinski definition) is 1. The molecule has 6 nitrogen and oxygen atoms in total. The van der Waals surface area contributed by atoms with Crippen LogP contribution in [0.5, 0.6) is 0 Å². The Bertz CT molecular complexity index is 739. The van der Waals surface area contributed by atoms with Crippen LogP contribution in [0.2, 0.25) is 0 Å². The molecule has 1 amide bonds. The zero-order chi connectivity index (χ0) is 18.0. The summed E-state index contributed by atoms with van der Waals surface area (Å²) in [6, 6.07) is 1.88. The molecule has 0 saturated carbocycles. The van der Waals surface area contributed by atoms with E-state index < -0.39 is 0 Å². The molecule has 25 heavy (non-hydrogen) atoms. The third-order valence-electron chi connectivity index (χ3n) is 4.99. The van der Waals surface area contributed by atoms with Crippen LogP contribution in [0.4, 0.5) is 0 Å². The minimum atomic E-state index is -0.153. The number of pyridine rings is 1. The van der Waals surface area contributed by atoms with Gasteiger partial charge in [0.2, 0.25) is 0 Å². The lowest BCUT2D eigenvalue weighted by molar-refractivity contribution is 0.0687. The number of nitrogens with one attached hydrogen (secondary N) is 1. The number of rotatable bonds is 4. The minimum absolute atomic E-state index is 0.0579. The lowest BCUT2D eigenvalue weighted by atomic mass is 9.90. The molecular weight excluding hydrogens is 316 g/mol. The van der Waals surface area contributed by atoms with E-state index in [4.69, 9.17) is 4.52 Å². The molecule has 136 valence electrons. The van der Waals surface area contributed by atoms with Gasteiger partial charge >= 0.3 is 0 Å². The second-order valence-corrected chi connectivity index (χ2v) is 7.99. The molecule has 1 aliphatic heterocycles. The number of hydrogen-bond acceptors (Lipinski definition) is 5. The van der Waals surface area contributed by atoms with E-state index in [-0.39, 0.29) is 11.3 Å². The first-order valence-electron chi connectivity index (χ1n) is 9.10. The first-order valence-corrected chi connectivity index (χ1v) is 9.10. The van der Waals surface area contributed by atoms with Crippen LogP contribution < -0.4 is 5.32 Å². The average Bonchev–Trinajstić information content (AvgIpc) is 3.03. The molecular formula is C19H28N4O2. The van der Waals surface area contributed by atoms with Gasteiger partial charge in [0.15, 0.2) is 0 Å². The van der Waals surface area contributed by atoms with Crippen LogP contribution >= 0.6 is 0 Å². The highest BCUT2D eigenvalue weighted by atomic mass is 16.5. The fraction of sp³-hybridized carbons (Fsp3) is 0.632. The largest absolute Gasteiger partial charge is 0.339 e. The van der Waals surface area contributed by atoms with Crippen LogP contribution in [-0.2, 0) is 5.41 Å². The SMILES string of the molecule is CNCCC1CCN(C(=O)c2cnc3onc(C(C)(C)C)c3c2)CC1. The van der Waals surface area contributed by atoms with Crippen molar-refractivity contribution in [2.24, 2.45) is 5.92 Å². The third-order valence-corrected chi connectivity index (χ3v) is 4.99. The van der Waals surface area contributed by atoms with Gasteiger partial charge in [0.05, 0.1) is 16.6 Å². The molecule has 3 rings (SSSR count). The highest BCUT2D eigenvalue weighted by molar-refractivity contribution is 5.97. The van der Waals surface area contributed by atoms with Crippen LogP contribution in [0.15, 0.2) is 16.8 Å². The Kier molecular flexibility index (Phi) is 5.08. The molecule has 0 aromatic carbocycles. The number of aromatic nitrogens is 2. The summed E-state index contributed by atoms with van der Waals surface area (Å²) >= 11 is 0. The van der Waals surface area contributed by atoms with Crippen molar-refractivity contribution in [1.82, 2.24) is 20.4 Å². The predicted molar refractivity (Wildman–Crippen MR) is 97.7 cm³/mol. The van der Waals surface area contributed by atoms with Gasteiger partial charge < -0.3 is 14.7 Å². The van der Waals surface area contributed by atoms with Gasteiger partial charge in [0.1, 0.15) is 0 Å². The Morgan fingerprint density at radius 2 is 2.08 bits per heavy atom. The molecule has 0 spiro atoms. The summed E-state index contributed by atoms with van der Waals surface area (Å²) in [6.45, 7) is 8.92. The molecule has 0 aliphatic carbocycles. The molecule has 2 aromatic heterocycles. The van der Waals surface area contributed by atoms with E-state index in [1.54, 1.807) is 6.20 Å². The number of likely N-dealkylation sites (tertiary alicyclic amines) is 1. The lowest BCUT2D eigenvalue weighted by Crippen LogP contribution is -2.39. The molecule has 3 heterocycles. The third kappa shape index (κ3) is 3.84. The van der Waals surface area contributed by atoms with Gasteiger partial charge in [-0.15, -0.1) is 0 Å². The van der Waals surface area contributed by atoms with Crippen molar-refractivity contribution in [3.63, 3.8) is 0 Å². The number of amides is 1. The highest BCUT2D eigenvalue weighted by Gasteiger charge is 2.26. The predicted octanol–water partition coefficient (Wildman–Crippen LogP) is 2.98. The van der Waals surface area contributed by atoms with Gasteiger partial charge in [-0.25, -0.2) is 4.98 Å². The molecule has 1 N–H and O–H groups in total.